The lowest BCUT2D eigenvalue weighted by Crippen LogP contribution is -2.26. The van der Waals surface area contributed by atoms with E-state index < -0.39 is 25.5 Å². The predicted octanol–water partition coefficient (Wildman–Crippen LogP) is 2.06. The summed E-state index contributed by atoms with van der Waals surface area (Å²) < 4.78 is 26.1. The zero-order chi connectivity index (χ0) is 15.6. The Labute approximate surface area is 125 Å². The Balaban J connectivity index is 2.43. The molecule has 1 aromatic carbocycles. The van der Waals surface area contributed by atoms with Crippen molar-refractivity contribution in [2.75, 3.05) is 12.8 Å². The molecule has 0 radical (unpaired) electrons. The maximum absolute atomic E-state index is 12.5. The summed E-state index contributed by atoms with van der Waals surface area (Å²) in [7, 11) is -2.62. The van der Waals surface area contributed by atoms with Crippen molar-refractivity contribution in [2.24, 2.45) is 0 Å². The Morgan fingerprint density at radius 1 is 1.38 bits per heavy atom. The minimum Gasteiger partial charge on any atom is -0.399 e. The molecule has 0 aliphatic carbocycles. The number of anilines is 1. The maximum Gasteiger partial charge on any atom is 0.289 e. The van der Waals surface area contributed by atoms with E-state index in [2.05, 4.69) is 0 Å². The molecule has 1 aromatic heterocycles. The van der Waals surface area contributed by atoms with Gasteiger partial charge in [0.15, 0.2) is 4.90 Å². The molecule has 1 heterocycles. The van der Waals surface area contributed by atoms with Crippen LogP contribution in [0, 0.1) is 10.1 Å². The fraction of sp³-hybridized carbons (Fsp3) is 0.167. The van der Waals surface area contributed by atoms with Crippen molar-refractivity contribution < 1.29 is 13.3 Å². The first-order valence-electron chi connectivity index (χ1n) is 5.85. The number of nitrogens with zero attached hydrogens (tertiary/aromatic N) is 2. The standard InChI is InChI=1S/C12H13N3O4S2/c1-14(8-10-3-2-6-20-10)21(18,19)12-7-9(13)4-5-11(12)15(16)17/h2-7H,8,13H2,1H3. The van der Waals surface area contributed by atoms with Gasteiger partial charge < -0.3 is 5.73 Å². The van der Waals surface area contributed by atoms with E-state index in [1.54, 1.807) is 6.07 Å². The molecule has 0 fully saturated rings. The first-order valence-corrected chi connectivity index (χ1v) is 8.17. The molecule has 2 aromatic rings. The third-order valence-corrected chi connectivity index (χ3v) is 5.52. The molecule has 0 aliphatic rings. The Hall–Kier alpha value is -1.97. The zero-order valence-electron chi connectivity index (χ0n) is 11.1. The molecule has 0 bridgehead atoms. The van der Waals surface area contributed by atoms with Crippen LogP contribution >= 0.6 is 11.3 Å². The van der Waals surface area contributed by atoms with E-state index in [-0.39, 0.29) is 12.2 Å². The number of thiophene rings is 1. The van der Waals surface area contributed by atoms with Crippen molar-refractivity contribution >= 4 is 32.7 Å². The monoisotopic (exact) mass is 327 g/mol. The molecule has 0 aliphatic heterocycles. The van der Waals surface area contributed by atoms with Gasteiger partial charge in [-0.05, 0) is 23.6 Å². The zero-order valence-corrected chi connectivity index (χ0v) is 12.7. The summed E-state index contributed by atoms with van der Waals surface area (Å²) in [6.07, 6.45) is 0. The van der Waals surface area contributed by atoms with Gasteiger partial charge in [-0.25, -0.2) is 8.42 Å². The number of sulfonamides is 1. The van der Waals surface area contributed by atoms with Gasteiger partial charge in [-0.15, -0.1) is 11.3 Å². The molecule has 0 atom stereocenters. The second kappa shape index (κ2) is 5.80. The topological polar surface area (TPSA) is 107 Å². The fourth-order valence-corrected chi connectivity index (χ4v) is 3.94. The largest absolute Gasteiger partial charge is 0.399 e. The summed E-state index contributed by atoms with van der Waals surface area (Å²) in [5.74, 6) is 0. The molecule has 21 heavy (non-hydrogen) atoms. The fourth-order valence-electron chi connectivity index (χ4n) is 1.76. The molecule has 0 amide bonds. The summed E-state index contributed by atoms with van der Waals surface area (Å²) in [5, 5.41) is 12.8. The van der Waals surface area contributed by atoms with Crippen LogP contribution in [-0.4, -0.2) is 24.7 Å². The highest BCUT2D eigenvalue weighted by molar-refractivity contribution is 7.89. The lowest BCUT2D eigenvalue weighted by molar-refractivity contribution is -0.387. The van der Waals surface area contributed by atoms with Gasteiger partial charge in [0.05, 0.1) is 4.92 Å². The Bertz CT molecular complexity index is 757. The number of benzene rings is 1. The van der Waals surface area contributed by atoms with Crippen molar-refractivity contribution in [1.82, 2.24) is 4.31 Å². The van der Waals surface area contributed by atoms with Gasteiger partial charge in [0.2, 0.25) is 10.0 Å². The quantitative estimate of drug-likeness (QED) is 0.514. The van der Waals surface area contributed by atoms with E-state index >= 15 is 0 Å². The average molecular weight is 327 g/mol. The lowest BCUT2D eigenvalue weighted by Gasteiger charge is -2.16. The van der Waals surface area contributed by atoms with E-state index in [0.717, 1.165) is 21.3 Å². The minimum atomic E-state index is -3.99. The predicted molar refractivity (Wildman–Crippen MR) is 80.5 cm³/mol. The summed E-state index contributed by atoms with van der Waals surface area (Å²) in [6, 6.07) is 7.11. The summed E-state index contributed by atoms with van der Waals surface area (Å²) >= 11 is 1.41. The normalized spacial score (nSPS) is 11.7. The molecule has 112 valence electrons. The average Bonchev–Trinajstić information content (AvgIpc) is 2.91. The smallest absolute Gasteiger partial charge is 0.289 e. The van der Waals surface area contributed by atoms with Gasteiger partial charge in [-0.2, -0.15) is 4.31 Å². The van der Waals surface area contributed by atoms with Gasteiger partial charge in [-0.1, -0.05) is 6.07 Å². The SMILES string of the molecule is CN(Cc1cccs1)S(=O)(=O)c1cc(N)ccc1[N+](=O)[O-]. The summed E-state index contributed by atoms with van der Waals surface area (Å²) in [4.78, 5) is 10.7. The summed E-state index contributed by atoms with van der Waals surface area (Å²) in [6.45, 7) is 0.145. The molecular formula is C12H13N3O4S2. The second-order valence-electron chi connectivity index (χ2n) is 4.32. The second-order valence-corrected chi connectivity index (χ2v) is 7.37. The van der Waals surface area contributed by atoms with Crippen LogP contribution in [0.4, 0.5) is 11.4 Å². The Kier molecular flexibility index (Phi) is 4.26. The first kappa shape index (κ1) is 15.4. The van der Waals surface area contributed by atoms with E-state index in [1.807, 2.05) is 11.4 Å². The van der Waals surface area contributed by atoms with Crippen LogP contribution in [-0.2, 0) is 16.6 Å². The molecule has 7 nitrogen and oxygen atoms in total. The minimum absolute atomic E-state index is 0.145. The number of nitrogens with two attached hydrogens (primary N) is 1. The Morgan fingerprint density at radius 3 is 2.67 bits per heavy atom. The van der Waals surface area contributed by atoms with Crippen molar-refractivity contribution in [1.29, 1.82) is 0 Å². The molecule has 0 spiro atoms. The lowest BCUT2D eigenvalue weighted by atomic mass is 10.3. The molecule has 0 unspecified atom stereocenters. The van der Waals surface area contributed by atoms with Crippen LogP contribution in [0.5, 0.6) is 0 Å². The number of nitro groups is 1. The Morgan fingerprint density at radius 2 is 2.10 bits per heavy atom. The molecule has 2 rings (SSSR count). The van der Waals surface area contributed by atoms with Crippen LogP contribution in [0.15, 0.2) is 40.6 Å². The molecule has 0 saturated carbocycles. The molecule has 0 saturated heterocycles. The van der Waals surface area contributed by atoms with Crippen LogP contribution in [0.2, 0.25) is 0 Å². The number of nitro benzene ring substituents is 1. The highest BCUT2D eigenvalue weighted by atomic mass is 32.2. The molecule has 2 N–H and O–H groups in total. The third-order valence-electron chi connectivity index (χ3n) is 2.83. The number of hydrogen-bond acceptors (Lipinski definition) is 6. The number of nitrogen functional groups attached to an aromatic ring is 1. The van der Waals surface area contributed by atoms with Gasteiger partial charge >= 0.3 is 0 Å². The van der Waals surface area contributed by atoms with Crippen molar-refractivity contribution in [3.63, 3.8) is 0 Å². The van der Waals surface area contributed by atoms with Gasteiger partial charge in [0.25, 0.3) is 5.69 Å². The van der Waals surface area contributed by atoms with Crippen molar-refractivity contribution in [3.8, 4) is 0 Å². The van der Waals surface area contributed by atoms with Crippen LogP contribution < -0.4 is 5.73 Å². The van der Waals surface area contributed by atoms with Crippen LogP contribution in [0.3, 0.4) is 0 Å². The van der Waals surface area contributed by atoms with Gasteiger partial charge in [0.1, 0.15) is 0 Å². The van der Waals surface area contributed by atoms with Gasteiger partial charge in [-0.3, -0.25) is 10.1 Å². The van der Waals surface area contributed by atoms with E-state index in [0.29, 0.717) is 0 Å². The van der Waals surface area contributed by atoms with Gasteiger partial charge in [0, 0.05) is 30.2 Å². The maximum atomic E-state index is 12.5. The number of hydrogen-bond donors (Lipinski definition) is 1. The molecule has 9 heteroatoms. The summed E-state index contributed by atoms with van der Waals surface area (Å²) in [5.41, 5.74) is 5.23. The molecular weight excluding hydrogens is 314 g/mol. The highest BCUT2D eigenvalue weighted by Gasteiger charge is 2.29. The van der Waals surface area contributed by atoms with Crippen LogP contribution in [0.1, 0.15) is 4.88 Å². The van der Waals surface area contributed by atoms with E-state index in [4.69, 9.17) is 5.73 Å². The van der Waals surface area contributed by atoms with Crippen LogP contribution in [0.25, 0.3) is 0 Å². The highest BCUT2D eigenvalue weighted by Crippen LogP contribution is 2.29. The van der Waals surface area contributed by atoms with E-state index in [1.165, 1.54) is 24.5 Å². The third kappa shape index (κ3) is 3.20. The van der Waals surface area contributed by atoms with Crippen molar-refractivity contribution in [3.05, 3.63) is 50.7 Å². The van der Waals surface area contributed by atoms with Crippen molar-refractivity contribution in [2.45, 2.75) is 11.4 Å². The first-order chi connectivity index (χ1) is 9.82. The number of rotatable bonds is 5. The van der Waals surface area contributed by atoms with E-state index in [9.17, 15) is 18.5 Å².